The molecule has 0 aliphatic carbocycles. The first-order valence-electron chi connectivity index (χ1n) is 10.4. The molecule has 0 fully saturated rings. The lowest BCUT2D eigenvalue weighted by atomic mass is 10.0. The van der Waals surface area contributed by atoms with Crippen molar-refractivity contribution in [3.63, 3.8) is 0 Å². The van der Waals surface area contributed by atoms with E-state index in [1.165, 1.54) is 6.92 Å². The third-order valence-electron chi connectivity index (χ3n) is 4.76. The van der Waals surface area contributed by atoms with Crippen molar-refractivity contribution in [2.75, 3.05) is 13.2 Å². The SMILES string of the molecule is CC(NC(=O)C(N)CO)C(=O)NC(Cc1ccccc1)C(=O)NC(CCCCN)C(=O)O. The number of carbonyl (C=O) groups excluding carboxylic acids is 3. The van der Waals surface area contributed by atoms with E-state index in [9.17, 15) is 24.3 Å². The van der Waals surface area contributed by atoms with E-state index in [0.29, 0.717) is 19.4 Å². The number of rotatable bonds is 14. The topological polar surface area (TPSA) is 197 Å². The number of hydrogen-bond donors (Lipinski definition) is 7. The van der Waals surface area contributed by atoms with Crippen LogP contribution in [0.5, 0.6) is 0 Å². The monoisotopic (exact) mass is 451 g/mol. The Kier molecular flexibility index (Phi) is 11.9. The molecule has 9 N–H and O–H groups in total. The number of aliphatic hydroxyl groups excluding tert-OH is 1. The highest BCUT2D eigenvalue weighted by Gasteiger charge is 2.28. The molecule has 0 bridgehead atoms. The fourth-order valence-corrected chi connectivity index (χ4v) is 2.85. The number of unbranched alkanes of at least 4 members (excludes halogenated alkanes) is 1. The quantitative estimate of drug-likeness (QED) is 0.161. The van der Waals surface area contributed by atoms with Crippen molar-refractivity contribution >= 4 is 23.7 Å². The maximum Gasteiger partial charge on any atom is 0.326 e. The number of carboxylic acid groups (broad SMARTS) is 1. The maximum atomic E-state index is 12.9. The number of nitrogens with two attached hydrogens (primary N) is 2. The molecule has 0 aliphatic heterocycles. The van der Waals surface area contributed by atoms with Gasteiger partial charge in [0.15, 0.2) is 0 Å². The lowest BCUT2D eigenvalue weighted by Crippen LogP contribution is -2.57. The summed E-state index contributed by atoms with van der Waals surface area (Å²) in [5, 5.41) is 25.8. The molecular formula is C21H33N5O6. The van der Waals surface area contributed by atoms with Gasteiger partial charge in [-0.1, -0.05) is 30.3 Å². The molecule has 0 spiro atoms. The second kappa shape index (κ2) is 14.1. The average Bonchev–Trinajstić information content (AvgIpc) is 2.77. The number of hydrogen-bond acceptors (Lipinski definition) is 7. The second-order valence-electron chi connectivity index (χ2n) is 7.45. The van der Waals surface area contributed by atoms with Crippen LogP contribution in [-0.4, -0.2) is 71.2 Å². The fraction of sp³-hybridized carbons (Fsp3) is 0.524. The van der Waals surface area contributed by atoms with E-state index >= 15 is 0 Å². The maximum absolute atomic E-state index is 12.9. The van der Waals surface area contributed by atoms with Gasteiger partial charge in [-0.15, -0.1) is 0 Å². The highest BCUT2D eigenvalue weighted by Crippen LogP contribution is 2.06. The van der Waals surface area contributed by atoms with Crippen molar-refractivity contribution in [1.29, 1.82) is 0 Å². The van der Waals surface area contributed by atoms with E-state index in [1.807, 2.05) is 0 Å². The number of nitrogens with one attached hydrogen (secondary N) is 3. The molecule has 11 nitrogen and oxygen atoms in total. The van der Waals surface area contributed by atoms with Crippen LogP contribution in [0.2, 0.25) is 0 Å². The van der Waals surface area contributed by atoms with Gasteiger partial charge in [0.05, 0.1) is 6.61 Å². The van der Waals surface area contributed by atoms with Crippen LogP contribution in [-0.2, 0) is 25.6 Å². The molecule has 178 valence electrons. The average molecular weight is 452 g/mol. The molecule has 0 aliphatic rings. The number of benzene rings is 1. The van der Waals surface area contributed by atoms with Gasteiger partial charge in [-0.05, 0) is 38.3 Å². The summed E-state index contributed by atoms with van der Waals surface area (Å²) in [5.74, 6) is -3.22. The third kappa shape index (κ3) is 9.41. The molecule has 32 heavy (non-hydrogen) atoms. The Morgan fingerprint density at radius 1 is 0.938 bits per heavy atom. The van der Waals surface area contributed by atoms with Crippen molar-refractivity contribution in [1.82, 2.24) is 16.0 Å². The van der Waals surface area contributed by atoms with Gasteiger partial charge in [-0.2, -0.15) is 0 Å². The molecule has 4 atom stereocenters. The van der Waals surface area contributed by atoms with Gasteiger partial charge in [-0.3, -0.25) is 14.4 Å². The van der Waals surface area contributed by atoms with Crippen LogP contribution in [0.1, 0.15) is 31.7 Å². The first kappa shape index (κ1) is 27.0. The summed E-state index contributed by atoms with van der Waals surface area (Å²) in [5.41, 5.74) is 11.6. The van der Waals surface area contributed by atoms with Gasteiger partial charge in [0.1, 0.15) is 24.2 Å². The van der Waals surface area contributed by atoms with Crippen LogP contribution >= 0.6 is 0 Å². The van der Waals surface area contributed by atoms with Gasteiger partial charge in [-0.25, -0.2) is 4.79 Å². The molecular weight excluding hydrogens is 418 g/mol. The van der Waals surface area contributed by atoms with Crippen molar-refractivity contribution in [3.05, 3.63) is 35.9 Å². The van der Waals surface area contributed by atoms with Gasteiger partial charge >= 0.3 is 5.97 Å². The first-order chi connectivity index (χ1) is 15.2. The highest BCUT2D eigenvalue weighted by molar-refractivity contribution is 5.94. The smallest absolute Gasteiger partial charge is 0.326 e. The van der Waals surface area contributed by atoms with Crippen LogP contribution in [0.4, 0.5) is 0 Å². The molecule has 3 amide bonds. The molecule has 0 aromatic heterocycles. The Labute approximate surface area is 186 Å². The Balaban J connectivity index is 2.91. The van der Waals surface area contributed by atoms with Crippen LogP contribution in [0.25, 0.3) is 0 Å². The molecule has 0 saturated carbocycles. The summed E-state index contributed by atoms with van der Waals surface area (Å²) in [6.45, 7) is 1.23. The zero-order chi connectivity index (χ0) is 24.1. The lowest BCUT2D eigenvalue weighted by molar-refractivity contribution is -0.142. The highest BCUT2D eigenvalue weighted by atomic mass is 16.4. The number of carbonyl (C=O) groups is 4. The van der Waals surface area contributed by atoms with Crippen molar-refractivity contribution in [2.45, 2.75) is 56.8 Å². The molecule has 0 radical (unpaired) electrons. The summed E-state index contributed by atoms with van der Waals surface area (Å²) in [7, 11) is 0. The molecule has 1 aromatic rings. The minimum atomic E-state index is -1.18. The van der Waals surface area contributed by atoms with Gasteiger partial charge in [0.25, 0.3) is 0 Å². The Morgan fingerprint density at radius 2 is 1.56 bits per heavy atom. The zero-order valence-electron chi connectivity index (χ0n) is 18.1. The van der Waals surface area contributed by atoms with E-state index < -0.39 is 54.5 Å². The van der Waals surface area contributed by atoms with Gasteiger partial charge in [0, 0.05) is 6.42 Å². The van der Waals surface area contributed by atoms with E-state index in [0.717, 1.165) is 5.56 Å². The Bertz CT molecular complexity index is 760. The van der Waals surface area contributed by atoms with Crippen molar-refractivity contribution in [3.8, 4) is 0 Å². The predicted octanol–water partition coefficient (Wildman–Crippen LogP) is -1.76. The fourth-order valence-electron chi connectivity index (χ4n) is 2.85. The van der Waals surface area contributed by atoms with Crippen molar-refractivity contribution < 1.29 is 29.4 Å². The minimum Gasteiger partial charge on any atom is -0.480 e. The molecule has 0 heterocycles. The first-order valence-corrected chi connectivity index (χ1v) is 10.4. The van der Waals surface area contributed by atoms with E-state index in [2.05, 4.69) is 16.0 Å². The molecule has 0 saturated heterocycles. The zero-order valence-corrected chi connectivity index (χ0v) is 18.1. The summed E-state index contributed by atoms with van der Waals surface area (Å²) >= 11 is 0. The summed E-state index contributed by atoms with van der Waals surface area (Å²) in [6.07, 6.45) is 1.47. The van der Waals surface area contributed by atoms with Crippen molar-refractivity contribution in [2.24, 2.45) is 11.5 Å². The number of carboxylic acids is 1. The largest absolute Gasteiger partial charge is 0.480 e. The summed E-state index contributed by atoms with van der Waals surface area (Å²) in [4.78, 5) is 48.8. The predicted molar refractivity (Wildman–Crippen MR) is 117 cm³/mol. The lowest BCUT2D eigenvalue weighted by Gasteiger charge is -2.24. The summed E-state index contributed by atoms with van der Waals surface area (Å²) < 4.78 is 0. The van der Waals surface area contributed by atoms with Crippen LogP contribution < -0.4 is 27.4 Å². The summed E-state index contributed by atoms with van der Waals surface area (Å²) in [6, 6.07) is 4.48. The van der Waals surface area contributed by atoms with Crippen LogP contribution in [0.3, 0.4) is 0 Å². The number of aliphatic carboxylic acids is 1. The van der Waals surface area contributed by atoms with Crippen LogP contribution in [0, 0.1) is 0 Å². The van der Waals surface area contributed by atoms with E-state index in [1.54, 1.807) is 30.3 Å². The standard InChI is InChI=1S/C21H33N5O6/c1-13(24-19(29)15(23)12-27)18(28)26-17(11-14-7-3-2-4-8-14)20(30)25-16(21(31)32)9-5-6-10-22/h2-4,7-8,13,15-17,27H,5-6,9-12,22-23H2,1H3,(H,24,29)(H,25,30)(H,26,28)(H,31,32). The molecule has 1 rings (SSSR count). The number of amides is 3. The molecule has 1 aromatic carbocycles. The van der Waals surface area contributed by atoms with Gasteiger partial charge < -0.3 is 37.6 Å². The minimum absolute atomic E-state index is 0.115. The normalized spacial score (nSPS) is 14.5. The van der Waals surface area contributed by atoms with Gasteiger partial charge in [0.2, 0.25) is 17.7 Å². The molecule has 4 unspecified atom stereocenters. The van der Waals surface area contributed by atoms with Crippen LogP contribution in [0.15, 0.2) is 30.3 Å². The van der Waals surface area contributed by atoms with E-state index in [4.69, 9.17) is 16.6 Å². The second-order valence-corrected chi connectivity index (χ2v) is 7.45. The number of aliphatic hydroxyl groups is 1. The van der Waals surface area contributed by atoms with E-state index in [-0.39, 0.29) is 12.8 Å². The Hall–Kier alpha value is -3.02. The third-order valence-corrected chi connectivity index (χ3v) is 4.76. The molecule has 11 heteroatoms. The Morgan fingerprint density at radius 3 is 2.12 bits per heavy atom.